The van der Waals surface area contributed by atoms with Crippen LogP contribution in [0.1, 0.15) is 41.4 Å². The zero-order valence-corrected chi connectivity index (χ0v) is 13.8. The van der Waals surface area contributed by atoms with Crippen molar-refractivity contribution >= 4 is 23.3 Å². The molecule has 0 aliphatic heterocycles. The van der Waals surface area contributed by atoms with Crippen molar-refractivity contribution in [2.24, 2.45) is 0 Å². The summed E-state index contributed by atoms with van der Waals surface area (Å²) in [7, 11) is 1.32. The van der Waals surface area contributed by atoms with Crippen LogP contribution in [0.5, 0.6) is 0 Å². The van der Waals surface area contributed by atoms with Gasteiger partial charge in [-0.2, -0.15) is 0 Å². The van der Waals surface area contributed by atoms with Gasteiger partial charge in [-0.15, -0.1) is 0 Å². The van der Waals surface area contributed by atoms with E-state index >= 15 is 0 Å². The van der Waals surface area contributed by atoms with Gasteiger partial charge < -0.3 is 9.26 Å². The van der Waals surface area contributed by atoms with E-state index in [1.807, 2.05) is 0 Å². The normalized spacial score (nSPS) is 10.2. The minimum Gasteiger partial charge on any atom is -0.465 e. The minimum absolute atomic E-state index is 0.160. The van der Waals surface area contributed by atoms with Gasteiger partial charge in [-0.1, -0.05) is 37.2 Å². The van der Waals surface area contributed by atoms with Crippen LogP contribution in [-0.4, -0.2) is 24.1 Å². The number of nitrogens with zero attached hydrogens (tertiary/aromatic N) is 1. The Balaban J connectivity index is 1.93. The highest BCUT2D eigenvalue weighted by molar-refractivity contribution is 5.92. The predicted octanol–water partition coefficient (Wildman–Crippen LogP) is 3.46. The number of nitrogens with one attached hydrogen (secondary N) is 1. The van der Waals surface area contributed by atoms with Gasteiger partial charge in [0.25, 0.3) is 0 Å². The molecule has 126 valence electrons. The largest absolute Gasteiger partial charge is 0.465 e. The number of esters is 1. The number of allylic oxidation sites excluding steroid dienone is 1. The van der Waals surface area contributed by atoms with Crippen molar-refractivity contribution in [3.63, 3.8) is 0 Å². The van der Waals surface area contributed by atoms with Gasteiger partial charge in [0.05, 0.1) is 19.1 Å². The second kappa shape index (κ2) is 8.10. The molecule has 0 aliphatic carbocycles. The van der Waals surface area contributed by atoms with Crippen LogP contribution in [0.3, 0.4) is 0 Å². The zero-order chi connectivity index (χ0) is 17.5. The Hall–Kier alpha value is -2.89. The molecule has 2 aromatic rings. The maximum Gasteiger partial charge on any atom is 0.337 e. The maximum atomic E-state index is 12.0. The SMILES string of the molecule is C=C(CCC)c1cc(NC(=O)Cc2ccc(C(=O)OC)cc2)on1. The third kappa shape index (κ3) is 4.55. The molecule has 0 atom stereocenters. The van der Waals surface area contributed by atoms with Crippen molar-refractivity contribution in [3.8, 4) is 0 Å². The lowest BCUT2D eigenvalue weighted by Crippen LogP contribution is -2.14. The maximum absolute atomic E-state index is 12.0. The van der Waals surface area contributed by atoms with Crippen molar-refractivity contribution in [1.82, 2.24) is 5.16 Å². The molecule has 0 saturated heterocycles. The number of carbonyl (C=O) groups excluding carboxylic acids is 2. The smallest absolute Gasteiger partial charge is 0.337 e. The van der Waals surface area contributed by atoms with Gasteiger partial charge in [0.15, 0.2) is 0 Å². The van der Waals surface area contributed by atoms with E-state index in [9.17, 15) is 9.59 Å². The Labute approximate surface area is 140 Å². The predicted molar refractivity (Wildman–Crippen MR) is 90.6 cm³/mol. The van der Waals surface area contributed by atoms with Gasteiger partial charge in [-0.05, 0) is 29.7 Å². The van der Waals surface area contributed by atoms with E-state index in [1.165, 1.54) is 7.11 Å². The van der Waals surface area contributed by atoms with Crippen LogP contribution in [0.25, 0.3) is 5.57 Å². The number of hydrogen-bond donors (Lipinski definition) is 1. The van der Waals surface area contributed by atoms with Gasteiger partial charge >= 0.3 is 5.97 Å². The Morgan fingerprint density at radius 3 is 2.62 bits per heavy atom. The van der Waals surface area contributed by atoms with Gasteiger partial charge in [-0.25, -0.2) is 4.79 Å². The highest BCUT2D eigenvalue weighted by Crippen LogP contribution is 2.20. The highest BCUT2D eigenvalue weighted by Gasteiger charge is 2.11. The molecule has 1 amide bonds. The van der Waals surface area contributed by atoms with Gasteiger partial charge in [-0.3, -0.25) is 10.1 Å². The first kappa shape index (κ1) is 17.5. The molecule has 0 unspecified atom stereocenters. The molecule has 0 aliphatic rings. The van der Waals surface area contributed by atoms with E-state index in [1.54, 1.807) is 30.3 Å². The minimum atomic E-state index is -0.410. The number of benzene rings is 1. The lowest BCUT2D eigenvalue weighted by Gasteiger charge is -2.03. The first-order valence-electron chi connectivity index (χ1n) is 7.65. The summed E-state index contributed by atoms with van der Waals surface area (Å²) < 4.78 is 9.73. The molecule has 1 aromatic heterocycles. The molecular formula is C18H20N2O4. The van der Waals surface area contributed by atoms with Crippen LogP contribution < -0.4 is 5.32 Å². The number of aromatic nitrogens is 1. The monoisotopic (exact) mass is 328 g/mol. The second-order valence-corrected chi connectivity index (χ2v) is 5.34. The number of ether oxygens (including phenoxy) is 1. The van der Waals surface area contributed by atoms with Crippen molar-refractivity contribution < 1.29 is 18.8 Å². The summed E-state index contributed by atoms with van der Waals surface area (Å²) in [6.45, 7) is 5.99. The van der Waals surface area contributed by atoms with E-state index in [0.29, 0.717) is 17.1 Å². The Morgan fingerprint density at radius 2 is 2.00 bits per heavy atom. The molecule has 0 spiro atoms. The van der Waals surface area contributed by atoms with E-state index in [2.05, 4.69) is 28.7 Å². The van der Waals surface area contributed by atoms with Crippen LogP contribution in [0.2, 0.25) is 0 Å². The highest BCUT2D eigenvalue weighted by atomic mass is 16.5. The topological polar surface area (TPSA) is 81.4 Å². The Morgan fingerprint density at radius 1 is 1.29 bits per heavy atom. The summed E-state index contributed by atoms with van der Waals surface area (Å²) in [5.41, 5.74) is 2.74. The summed E-state index contributed by atoms with van der Waals surface area (Å²) >= 11 is 0. The van der Waals surface area contributed by atoms with Gasteiger partial charge in [0.2, 0.25) is 11.8 Å². The van der Waals surface area contributed by atoms with Gasteiger partial charge in [0, 0.05) is 6.07 Å². The van der Waals surface area contributed by atoms with Crippen LogP contribution in [0.4, 0.5) is 5.88 Å². The van der Waals surface area contributed by atoms with Crippen molar-refractivity contribution in [2.45, 2.75) is 26.2 Å². The lowest BCUT2D eigenvalue weighted by atomic mass is 10.1. The average molecular weight is 328 g/mol. The van der Waals surface area contributed by atoms with Crippen molar-refractivity contribution in [3.05, 3.63) is 53.7 Å². The molecule has 1 N–H and O–H groups in total. The molecule has 1 aromatic carbocycles. The Kier molecular flexibility index (Phi) is 5.89. The van der Waals surface area contributed by atoms with E-state index in [0.717, 1.165) is 24.0 Å². The molecule has 1 heterocycles. The summed E-state index contributed by atoms with van der Waals surface area (Å²) in [5, 5.41) is 6.55. The fraction of sp³-hybridized carbons (Fsp3) is 0.278. The molecule has 0 saturated carbocycles. The fourth-order valence-corrected chi connectivity index (χ4v) is 2.17. The molecule has 0 fully saturated rings. The molecule has 0 bridgehead atoms. The van der Waals surface area contributed by atoms with E-state index in [4.69, 9.17) is 4.52 Å². The number of anilines is 1. The zero-order valence-electron chi connectivity index (χ0n) is 13.8. The van der Waals surface area contributed by atoms with Crippen LogP contribution in [0.15, 0.2) is 41.4 Å². The standard InChI is InChI=1S/C18H20N2O4/c1-4-5-12(2)15-11-17(24-20-15)19-16(21)10-13-6-8-14(9-7-13)18(22)23-3/h6-9,11H,2,4-5,10H2,1,3H3,(H,19,21). The third-order valence-electron chi connectivity index (χ3n) is 3.43. The summed E-state index contributed by atoms with van der Waals surface area (Å²) in [6, 6.07) is 8.32. The molecule has 0 radical (unpaired) electrons. The number of rotatable bonds is 7. The quantitative estimate of drug-likeness (QED) is 0.787. The van der Waals surface area contributed by atoms with Crippen molar-refractivity contribution in [2.75, 3.05) is 12.4 Å². The van der Waals surface area contributed by atoms with E-state index < -0.39 is 5.97 Å². The van der Waals surface area contributed by atoms with Crippen LogP contribution >= 0.6 is 0 Å². The Bertz CT molecular complexity index is 732. The first-order valence-corrected chi connectivity index (χ1v) is 7.65. The molecular weight excluding hydrogens is 308 g/mol. The lowest BCUT2D eigenvalue weighted by molar-refractivity contribution is -0.115. The number of carbonyl (C=O) groups is 2. The second-order valence-electron chi connectivity index (χ2n) is 5.34. The summed E-state index contributed by atoms with van der Waals surface area (Å²) in [6.07, 6.45) is 1.95. The molecule has 24 heavy (non-hydrogen) atoms. The van der Waals surface area contributed by atoms with E-state index in [-0.39, 0.29) is 12.3 Å². The summed E-state index contributed by atoms with van der Waals surface area (Å²) in [4.78, 5) is 23.4. The fourth-order valence-electron chi connectivity index (χ4n) is 2.17. The van der Waals surface area contributed by atoms with Crippen LogP contribution in [0, 0.1) is 0 Å². The molecule has 2 rings (SSSR count). The molecule has 6 nitrogen and oxygen atoms in total. The average Bonchev–Trinajstić information content (AvgIpc) is 3.03. The number of hydrogen-bond acceptors (Lipinski definition) is 5. The van der Waals surface area contributed by atoms with Crippen LogP contribution in [-0.2, 0) is 16.0 Å². The third-order valence-corrected chi connectivity index (χ3v) is 3.43. The number of methoxy groups -OCH3 is 1. The van der Waals surface area contributed by atoms with Crippen molar-refractivity contribution in [1.29, 1.82) is 0 Å². The van der Waals surface area contributed by atoms with Gasteiger partial charge in [0.1, 0.15) is 5.69 Å². The summed E-state index contributed by atoms with van der Waals surface area (Å²) in [5.74, 6) is -0.351. The first-order chi connectivity index (χ1) is 11.5. The molecule has 6 heteroatoms. The number of amides is 1.